The van der Waals surface area contributed by atoms with Crippen LogP contribution in [0.25, 0.3) is 0 Å². The van der Waals surface area contributed by atoms with Crippen molar-refractivity contribution < 1.29 is 13.3 Å². The Balaban J connectivity index is 4.29. The summed E-state index contributed by atoms with van der Waals surface area (Å²) in [5.41, 5.74) is 1.53. The molecule has 68 valence electrons. The van der Waals surface area contributed by atoms with Gasteiger partial charge in [-0.15, -0.1) is 0 Å². The fraction of sp³-hybridized carbons (Fsp3) is 0.500. The lowest BCUT2D eigenvalue weighted by Crippen LogP contribution is -2.42. The Labute approximate surface area is 74.7 Å². The predicted molar refractivity (Wildman–Crippen MR) is 49.1 cm³/mol. The quantitative estimate of drug-likeness (QED) is 0.462. The molecular formula is C8H14O3Si. The molecule has 0 fully saturated rings. The van der Waals surface area contributed by atoms with Gasteiger partial charge in [-0.2, -0.15) is 0 Å². The molecule has 0 aromatic heterocycles. The van der Waals surface area contributed by atoms with Crippen molar-refractivity contribution in [3.8, 4) is 12.5 Å². The smallest absolute Gasteiger partial charge is 0.448 e. The van der Waals surface area contributed by atoms with E-state index in [9.17, 15) is 0 Å². The van der Waals surface area contributed by atoms with Crippen LogP contribution >= 0.6 is 0 Å². The maximum Gasteiger partial charge on any atom is 0.603 e. The van der Waals surface area contributed by atoms with Gasteiger partial charge < -0.3 is 13.3 Å². The summed E-state index contributed by atoms with van der Waals surface area (Å²) in [5.74, 6) is 0. The van der Waals surface area contributed by atoms with Crippen molar-refractivity contribution in [2.24, 2.45) is 0 Å². The van der Waals surface area contributed by atoms with E-state index in [4.69, 9.17) is 19.7 Å². The fourth-order valence-corrected chi connectivity index (χ4v) is 2.23. The summed E-state index contributed by atoms with van der Waals surface area (Å²) in [6.45, 7) is 8.28. The Bertz CT molecular complexity index is 168. The zero-order valence-electron chi connectivity index (χ0n) is 7.50. The molecule has 0 aromatic carbocycles. The van der Waals surface area contributed by atoms with Crippen LogP contribution < -0.4 is 0 Å². The molecule has 0 bridgehead atoms. The van der Waals surface area contributed by atoms with E-state index in [0.29, 0.717) is 13.2 Å². The SMILES string of the molecule is C#CO[Si](C=C)(OCC)OCC. The maximum absolute atomic E-state index is 5.29. The van der Waals surface area contributed by atoms with E-state index in [1.165, 1.54) is 5.70 Å². The summed E-state index contributed by atoms with van der Waals surface area (Å²) >= 11 is 0. The Morgan fingerprint density at radius 2 is 1.92 bits per heavy atom. The number of rotatable bonds is 6. The average Bonchev–Trinajstić information content (AvgIpc) is 2.06. The maximum atomic E-state index is 5.29. The first-order chi connectivity index (χ1) is 5.74. The van der Waals surface area contributed by atoms with E-state index in [0.717, 1.165) is 0 Å². The highest BCUT2D eigenvalue weighted by Gasteiger charge is 2.39. The van der Waals surface area contributed by atoms with E-state index in [2.05, 4.69) is 12.7 Å². The first-order valence-electron chi connectivity index (χ1n) is 3.79. The van der Waals surface area contributed by atoms with Crippen molar-refractivity contribution in [1.29, 1.82) is 0 Å². The lowest BCUT2D eigenvalue weighted by Gasteiger charge is -2.21. The van der Waals surface area contributed by atoms with Crippen LogP contribution in [-0.4, -0.2) is 22.0 Å². The van der Waals surface area contributed by atoms with Crippen LogP contribution in [0, 0.1) is 12.5 Å². The van der Waals surface area contributed by atoms with Gasteiger partial charge in [0.2, 0.25) is 0 Å². The topological polar surface area (TPSA) is 27.7 Å². The monoisotopic (exact) mass is 186 g/mol. The van der Waals surface area contributed by atoms with Crippen molar-refractivity contribution >= 4 is 8.80 Å². The zero-order valence-corrected chi connectivity index (χ0v) is 8.50. The van der Waals surface area contributed by atoms with Crippen molar-refractivity contribution in [3.63, 3.8) is 0 Å². The van der Waals surface area contributed by atoms with Gasteiger partial charge in [-0.1, -0.05) is 13.0 Å². The Morgan fingerprint density at radius 3 is 2.17 bits per heavy atom. The highest BCUT2D eigenvalue weighted by Crippen LogP contribution is 2.09. The molecule has 4 heteroatoms. The molecule has 0 aliphatic rings. The van der Waals surface area contributed by atoms with Crippen LogP contribution in [0.2, 0.25) is 0 Å². The van der Waals surface area contributed by atoms with Gasteiger partial charge in [0.05, 0.1) is 6.11 Å². The third-order valence-corrected chi connectivity index (χ3v) is 3.43. The minimum atomic E-state index is -2.74. The first-order valence-corrected chi connectivity index (χ1v) is 5.60. The minimum Gasteiger partial charge on any atom is -0.448 e. The summed E-state index contributed by atoms with van der Waals surface area (Å²) in [4.78, 5) is 0. The van der Waals surface area contributed by atoms with Crippen LogP contribution in [0.5, 0.6) is 0 Å². The highest BCUT2D eigenvalue weighted by molar-refractivity contribution is 6.66. The van der Waals surface area contributed by atoms with Gasteiger partial charge in [0.25, 0.3) is 0 Å². The molecule has 3 nitrogen and oxygen atoms in total. The van der Waals surface area contributed by atoms with E-state index in [1.807, 2.05) is 13.8 Å². The van der Waals surface area contributed by atoms with Gasteiger partial charge in [-0.3, -0.25) is 0 Å². The van der Waals surface area contributed by atoms with E-state index < -0.39 is 8.80 Å². The predicted octanol–water partition coefficient (Wildman–Crippen LogP) is 1.33. The molecule has 0 rings (SSSR count). The molecule has 0 aromatic rings. The molecule has 0 unspecified atom stereocenters. The molecule has 0 N–H and O–H groups in total. The van der Waals surface area contributed by atoms with Gasteiger partial charge in [-0.05, 0) is 19.5 Å². The number of hydrogen-bond donors (Lipinski definition) is 0. The molecule has 12 heavy (non-hydrogen) atoms. The van der Waals surface area contributed by atoms with Gasteiger partial charge in [0.15, 0.2) is 0 Å². The van der Waals surface area contributed by atoms with Crippen LogP contribution in [-0.2, 0) is 13.3 Å². The number of hydrogen-bond acceptors (Lipinski definition) is 3. The van der Waals surface area contributed by atoms with Crippen LogP contribution in [0.1, 0.15) is 13.8 Å². The number of terminal acetylenes is 1. The highest BCUT2D eigenvalue weighted by atomic mass is 28.4. The van der Waals surface area contributed by atoms with Crippen molar-refractivity contribution in [2.75, 3.05) is 13.2 Å². The molecule has 0 aliphatic carbocycles. The molecular weight excluding hydrogens is 172 g/mol. The summed E-state index contributed by atoms with van der Waals surface area (Å²) in [7, 11) is -2.74. The van der Waals surface area contributed by atoms with Gasteiger partial charge in [-0.25, -0.2) is 0 Å². The molecule has 0 saturated heterocycles. The summed E-state index contributed by atoms with van der Waals surface area (Å²) in [6.07, 6.45) is 7.08. The summed E-state index contributed by atoms with van der Waals surface area (Å²) in [6, 6.07) is 0. The lowest BCUT2D eigenvalue weighted by molar-refractivity contribution is 0.120. The van der Waals surface area contributed by atoms with Crippen molar-refractivity contribution in [2.45, 2.75) is 13.8 Å². The lowest BCUT2D eigenvalue weighted by atomic mass is 10.9. The van der Waals surface area contributed by atoms with Crippen LogP contribution in [0.4, 0.5) is 0 Å². The fourth-order valence-electron chi connectivity index (χ4n) is 0.745. The molecule has 0 heterocycles. The third-order valence-electron chi connectivity index (χ3n) is 1.14. The van der Waals surface area contributed by atoms with E-state index in [-0.39, 0.29) is 0 Å². The molecule has 0 atom stereocenters. The van der Waals surface area contributed by atoms with Crippen LogP contribution in [0.15, 0.2) is 12.3 Å². The van der Waals surface area contributed by atoms with Crippen molar-refractivity contribution in [1.82, 2.24) is 0 Å². The minimum absolute atomic E-state index is 0.500. The zero-order chi connectivity index (χ0) is 9.45. The van der Waals surface area contributed by atoms with Gasteiger partial charge >= 0.3 is 8.80 Å². The summed E-state index contributed by atoms with van der Waals surface area (Å²) in [5, 5.41) is 0. The Hall–Kier alpha value is -0.763. The van der Waals surface area contributed by atoms with E-state index in [1.54, 1.807) is 0 Å². The second-order valence-corrected chi connectivity index (χ2v) is 4.29. The molecule has 0 radical (unpaired) electrons. The normalized spacial score (nSPS) is 10.4. The Kier molecular flexibility index (Phi) is 5.46. The molecule has 0 saturated carbocycles. The standard InChI is InChI=1S/C8H14O3Si/c1-5-9-12(8-4,10-6-2)11-7-3/h1,8H,4,6-7H2,2-3H3. The second-order valence-electron chi connectivity index (χ2n) is 1.89. The molecule has 0 amide bonds. The first kappa shape index (κ1) is 11.2. The van der Waals surface area contributed by atoms with E-state index >= 15 is 0 Å². The van der Waals surface area contributed by atoms with Crippen LogP contribution in [0.3, 0.4) is 0 Å². The third kappa shape index (κ3) is 3.09. The van der Waals surface area contributed by atoms with Gasteiger partial charge in [0, 0.05) is 13.2 Å². The molecule has 0 spiro atoms. The van der Waals surface area contributed by atoms with Crippen molar-refractivity contribution in [3.05, 3.63) is 12.3 Å². The second kappa shape index (κ2) is 5.83. The van der Waals surface area contributed by atoms with Gasteiger partial charge in [0.1, 0.15) is 0 Å². The summed E-state index contributed by atoms with van der Waals surface area (Å²) < 4.78 is 15.6. The average molecular weight is 186 g/mol. The largest absolute Gasteiger partial charge is 0.603 e. The Morgan fingerprint density at radius 1 is 1.42 bits per heavy atom. The molecule has 0 aliphatic heterocycles.